The minimum atomic E-state index is -4.99. The lowest BCUT2D eigenvalue weighted by molar-refractivity contribution is -0.147. The number of alkyl halides is 3. The molecule has 0 heterocycles. The van der Waals surface area contributed by atoms with Crippen molar-refractivity contribution in [1.82, 2.24) is 0 Å². The number of carbonyl (C=O) groups is 1. The molecule has 0 aromatic heterocycles. The van der Waals surface area contributed by atoms with Crippen LogP contribution in [0.4, 0.5) is 17.6 Å². The van der Waals surface area contributed by atoms with Gasteiger partial charge in [0.1, 0.15) is 11.4 Å². The van der Waals surface area contributed by atoms with Crippen LogP contribution in [0.5, 0.6) is 0 Å². The molecule has 0 aliphatic rings. The fourth-order valence-electron chi connectivity index (χ4n) is 1.17. The van der Waals surface area contributed by atoms with E-state index in [1.165, 1.54) is 0 Å². The van der Waals surface area contributed by atoms with E-state index < -0.39 is 39.7 Å². The van der Waals surface area contributed by atoms with Crippen molar-refractivity contribution in [2.24, 2.45) is 0 Å². The van der Waals surface area contributed by atoms with Gasteiger partial charge in [-0.25, -0.2) is 9.18 Å². The smallest absolute Gasteiger partial charge is 0.420 e. The van der Waals surface area contributed by atoms with Crippen LogP contribution in [0, 0.1) is 5.82 Å². The van der Waals surface area contributed by atoms with E-state index in [9.17, 15) is 22.4 Å². The molecular formula is C9H5BrF4O3. The molecule has 17 heavy (non-hydrogen) atoms. The largest absolute Gasteiger partial charge is 0.479 e. The maximum absolute atomic E-state index is 13.0. The van der Waals surface area contributed by atoms with E-state index in [-0.39, 0.29) is 0 Å². The Hall–Kier alpha value is -1.15. The highest BCUT2D eigenvalue weighted by molar-refractivity contribution is 9.10. The van der Waals surface area contributed by atoms with Crippen molar-refractivity contribution in [1.29, 1.82) is 0 Å². The maximum Gasteiger partial charge on any atom is 0.420 e. The van der Waals surface area contributed by atoms with Gasteiger partial charge in [-0.2, -0.15) is 13.2 Å². The summed E-state index contributed by atoms with van der Waals surface area (Å²) in [7, 11) is 0. The molecule has 94 valence electrons. The summed E-state index contributed by atoms with van der Waals surface area (Å²) in [5, 5.41) is 17.6. The first-order valence-electron chi connectivity index (χ1n) is 4.12. The van der Waals surface area contributed by atoms with Crippen molar-refractivity contribution in [2.45, 2.75) is 12.3 Å². The Balaban J connectivity index is 3.44. The third-order valence-corrected chi connectivity index (χ3v) is 2.79. The molecule has 8 heteroatoms. The first-order valence-corrected chi connectivity index (χ1v) is 4.91. The lowest BCUT2D eigenvalue weighted by Gasteiger charge is -2.15. The fourth-order valence-corrected chi connectivity index (χ4v) is 1.94. The number of carboxylic acids is 1. The Morgan fingerprint density at radius 1 is 1.35 bits per heavy atom. The van der Waals surface area contributed by atoms with E-state index in [0.717, 1.165) is 6.07 Å². The van der Waals surface area contributed by atoms with Crippen LogP contribution in [-0.2, 0) is 11.0 Å². The zero-order chi connectivity index (χ0) is 13.4. The average molecular weight is 317 g/mol. The summed E-state index contributed by atoms with van der Waals surface area (Å²) in [6, 6.07) is 1.22. The molecule has 1 unspecified atom stereocenters. The minimum Gasteiger partial charge on any atom is -0.479 e. The summed E-state index contributed by atoms with van der Waals surface area (Å²) in [5.41, 5.74) is -2.21. The number of aliphatic carboxylic acids is 1. The number of hydrogen-bond acceptors (Lipinski definition) is 2. The standard InChI is InChI=1S/C9H5BrF4O3/c10-6-3(7(15)8(16)17)1-2-4(11)5(6)9(12,13)14/h1-2,7,15H,(H,16,17). The summed E-state index contributed by atoms with van der Waals surface area (Å²) < 4.78 is 49.6. The molecule has 3 nitrogen and oxygen atoms in total. The molecule has 0 fully saturated rings. The van der Waals surface area contributed by atoms with E-state index in [1.54, 1.807) is 0 Å². The molecule has 0 saturated heterocycles. The van der Waals surface area contributed by atoms with Crippen molar-refractivity contribution in [3.63, 3.8) is 0 Å². The first-order chi connectivity index (χ1) is 7.66. The van der Waals surface area contributed by atoms with E-state index in [2.05, 4.69) is 15.9 Å². The third-order valence-electron chi connectivity index (χ3n) is 1.93. The molecule has 0 spiro atoms. The second kappa shape index (κ2) is 4.61. The molecule has 0 aliphatic carbocycles. The minimum absolute atomic E-state index is 0.453. The number of carboxylic acid groups (broad SMARTS) is 1. The van der Waals surface area contributed by atoms with Gasteiger partial charge in [0.05, 0.1) is 0 Å². The fraction of sp³-hybridized carbons (Fsp3) is 0.222. The monoisotopic (exact) mass is 316 g/mol. The van der Waals surface area contributed by atoms with Gasteiger partial charge in [0.15, 0.2) is 6.10 Å². The van der Waals surface area contributed by atoms with Crippen LogP contribution in [0.1, 0.15) is 17.2 Å². The van der Waals surface area contributed by atoms with Crippen LogP contribution in [-0.4, -0.2) is 16.2 Å². The Kier molecular flexibility index (Phi) is 3.78. The van der Waals surface area contributed by atoms with Crippen LogP contribution in [0.15, 0.2) is 16.6 Å². The lowest BCUT2D eigenvalue weighted by atomic mass is 10.1. The van der Waals surface area contributed by atoms with Crippen LogP contribution < -0.4 is 0 Å². The van der Waals surface area contributed by atoms with E-state index in [0.29, 0.717) is 6.07 Å². The second-order valence-electron chi connectivity index (χ2n) is 3.06. The van der Waals surface area contributed by atoms with Gasteiger partial charge in [0.25, 0.3) is 0 Å². The summed E-state index contributed by atoms with van der Waals surface area (Å²) >= 11 is 2.45. The van der Waals surface area contributed by atoms with Crippen LogP contribution in [0.3, 0.4) is 0 Å². The van der Waals surface area contributed by atoms with Crippen LogP contribution in [0.2, 0.25) is 0 Å². The molecule has 1 rings (SSSR count). The van der Waals surface area contributed by atoms with E-state index >= 15 is 0 Å². The maximum atomic E-state index is 13.0. The molecule has 0 bridgehead atoms. The summed E-state index contributed by atoms with van der Waals surface area (Å²) in [6.07, 6.45) is -7.15. The zero-order valence-electron chi connectivity index (χ0n) is 7.92. The summed E-state index contributed by atoms with van der Waals surface area (Å²) in [5.74, 6) is -3.28. The van der Waals surface area contributed by atoms with Crippen molar-refractivity contribution in [2.75, 3.05) is 0 Å². The molecule has 0 amide bonds. The second-order valence-corrected chi connectivity index (χ2v) is 3.86. The quantitative estimate of drug-likeness (QED) is 0.825. The number of benzene rings is 1. The number of hydrogen-bond donors (Lipinski definition) is 2. The number of aliphatic hydroxyl groups is 1. The van der Waals surface area contributed by atoms with E-state index in [1.807, 2.05) is 0 Å². The van der Waals surface area contributed by atoms with Gasteiger partial charge in [-0.15, -0.1) is 0 Å². The number of halogens is 5. The highest BCUT2D eigenvalue weighted by atomic mass is 79.9. The zero-order valence-corrected chi connectivity index (χ0v) is 9.51. The van der Waals surface area contributed by atoms with Gasteiger partial charge in [0, 0.05) is 10.0 Å². The SMILES string of the molecule is O=C(O)C(O)c1ccc(F)c(C(F)(F)F)c1Br. The normalized spacial score (nSPS) is 13.5. The van der Waals surface area contributed by atoms with Crippen molar-refractivity contribution in [3.05, 3.63) is 33.5 Å². The van der Waals surface area contributed by atoms with Crippen molar-refractivity contribution >= 4 is 21.9 Å². The molecule has 2 N–H and O–H groups in total. The average Bonchev–Trinajstić information content (AvgIpc) is 2.14. The first kappa shape index (κ1) is 13.9. The van der Waals surface area contributed by atoms with Gasteiger partial charge in [-0.1, -0.05) is 6.07 Å². The highest BCUT2D eigenvalue weighted by Crippen LogP contribution is 2.39. The predicted molar refractivity (Wildman–Crippen MR) is 51.7 cm³/mol. The van der Waals surface area contributed by atoms with Gasteiger partial charge in [-0.05, 0) is 22.0 Å². The molecule has 0 aliphatic heterocycles. The summed E-state index contributed by atoms with van der Waals surface area (Å²) in [6.45, 7) is 0. The summed E-state index contributed by atoms with van der Waals surface area (Å²) in [4.78, 5) is 10.5. The molecule has 0 saturated carbocycles. The van der Waals surface area contributed by atoms with Gasteiger partial charge >= 0.3 is 12.1 Å². The van der Waals surface area contributed by atoms with Gasteiger partial charge in [-0.3, -0.25) is 0 Å². The van der Waals surface area contributed by atoms with Crippen LogP contribution >= 0.6 is 15.9 Å². The highest BCUT2D eigenvalue weighted by Gasteiger charge is 2.38. The van der Waals surface area contributed by atoms with Crippen molar-refractivity contribution < 1.29 is 32.6 Å². The molecule has 1 aromatic rings. The predicted octanol–water partition coefficient (Wildman–Crippen LogP) is 2.73. The molecule has 1 aromatic carbocycles. The Morgan fingerprint density at radius 3 is 2.29 bits per heavy atom. The van der Waals surface area contributed by atoms with Crippen molar-refractivity contribution in [3.8, 4) is 0 Å². The molecule has 0 radical (unpaired) electrons. The Morgan fingerprint density at radius 2 is 1.88 bits per heavy atom. The topological polar surface area (TPSA) is 57.5 Å². The number of rotatable bonds is 2. The lowest BCUT2D eigenvalue weighted by Crippen LogP contribution is -2.15. The Bertz CT molecular complexity index is 458. The van der Waals surface area contributed by atoms with E-state index in [4.69, 9.17) is 10.2 Å². The number of aliphatic hydroxyl groups excluding tert-OH is 1. The Labute approximate surface area is 101 Å². The van der Waals surface area contributed by atoms with Gasteiger partial charge in [0.2, 0.25) is 0 Å². The third kappa shape index (κ3) is 2.75. The molecule has 1 atom stereocenters. The van der Waals surface area contributed by atoms with Gasteiger partial charge < -0.3 is 10.2 Å². The van der Waals surface area contributed by atoms with Crippen LogP contribution in [0.25, 0.3) is 0 Å². The molecular weight excluding hydrogens is 312 g/mol.